The number of aliphatic carboxylic acids is 1. The molecule has 0 saturated carbocycles. The summed E-state index contributed by atoms with van der Waals surface area (Å²) < 4.78 is 22.4. The number of carboxylic acids is 1. The number of rotatable bonds is 20. The number of imide groups is 1. The Morgan fingerprint density at radius 2 is 1.44 bits per heavy atom. The molecular formula is C52H49ClN5O14P. The Balaban J connectivity index is 0.999. The van der Waals surface area contributed by atoms with Crippen LogP contribution >= 0.6 is 19.4 Å². The highest BCUT2D eigenvalue weighted by Gasteiger charge is 2.35. The summed E-state index contributed by atoms with van der Waals surface area (Å²) in [5, 5.41) is 27.4. The number of halogens is 1. The molecule has 0 fully saturated rings. The maximum Gasteiger partial charge on any atom is 0.524 e. The molecule has 3 heterocycles. The summed E-state index contributed by atoms with van der Waals surface area (Å²) >= 11 is 6.43. The number of carbonyl (C=O) groups excluding carboxylic acids is 6. The van der Waals surface area contributed by atoms with Crippen molar-refractivity contribution in [2.75, 3.05) is 47.2 Å². The number of hydrogen-bond donors (Lipinski definition) is 6. The molecule has 2 atom stereocenters. The van der Waals surface area contributed by atoms with Gasteiger partial charge in [0.05, 0.1) is 11.4 Å². The highest BCUT2D eigenvalue weighted by Crippen LogP contribution is 2.47. The van der Waals surface area contributed by atoms with E-state index >= 15 is 0 Å². The van der Waals surface area contributed by atoms with E-state index in [0.29, 0.717) is 69.7 Å². The number of aliphatic hydroxyl groups is 1. The lowest BCUT2D eigenvalue weighted by Crippen LogP contribution is -2.31. The minimum Gasteiger partial charge on any atom is -0.477 e. The fourth-order valence-corrected chi connectivity index (χ4v) is 9.78. The van der Waals surface area contributed by atoms with Crippen molar-refractivity contribution in [3.63, 3.8) is 0 Å². The molecule has 8 rings (SSSR count). The van der Waals surface area contributed by atoms with Crippen molar-refractivity contribution in [2.45, 2.75) is 50.7 Å². The van der Waals surface area contributed by atoms with E-state index in [1.54, 1.807) is 66.7 Å². The van der Waals surface area contributed by atoms with Gasteiger partial charge in [-0.05, 0) is 70.5 Å². The Hall–Kier alpha value is -7.67. The largest absolute Gasteiger partial charge is 0.524 e. The van der Waals surface area contributed by atoms with E-state index in [-0.39, 0.29) is 85.7 Å². The second-order valence-corrected chi connectivity index (χ2v) is 18.8. The first-order chi connectivity index (χ1) is 35.0. The molecule has 1 unspecified atom stereocenters. The van der Waals surface area contributed by atoms with Crippen LogP contribution in [0.4, 0.5) is 17.1 Å². The van der Waals surface area contributed by atoms with Gasteiger partial charge in [0, 0.05) is 104 Å². The van der Waals surface area contributed by atoms with Crippen molar-refractivity contribution in [2.24, 2.45) is 0 Å². The molecule has 19 nitrogen and oxygen atoms in total. The topological polar surface area (TPSA) is 270 Å². The van der Waals surface area contributed by atoms with Crippen molar-refractivity contribution in [1.82, 2.24) is 10.2 Å². The van der Waals surface area contributed by atoms with E-state index in [4.69, 9.17) is 20.9 Å². The summed E-state index contributed by atoms with van der Waals surface area (Å²) in [6.07, 6.45) is 8.04. The second-order valence-electron chi connectivity index (χ2n) is 17.3. The van der Waals surface area contributed by atoms with Crippen LogP contribution in [0.1, 0.15) is 60.3 Å². The molecule has 0 aliphatic carbocycles. The Morgan fingerprint density at radius 3 is 2.14 bits per heavy atom. The fourth-order valence-electron chi connectivity index (χ4n) is 9.12. The van der Waals surface area contributed by atoms with Crippen LogP contribution in [0.15, 0.2) is 103 Å². The molecule has 0 saturated heterocycles. The number of benzene rings is 5. The molecular weight excluding hydrogens is 985 g/mol. The summed E-state index contributed by atoms with van der Waals surface area (Å²) in [7, 11) is -4.96. The maximum absolute atomic E-state index is 14.0. The van der Waals surface area contributed by atoms with Crippen LogP contribution in [0.25, 0.3) is 33.7 Å². The molecule has 3 aliphatic heterocycles. The summed E-state index contributed by atoms with van der Waals surface area (Å²) in [5.41, 5.74) is 3.49. The van der Waals surface area contributed by atoms with E-state index < -0.39 is 37.8 Å². The predicted molar refractivity (Wildman–Crippen MR) is 272 cm³/mol. The number of hydrogen-bond acceptors (Lipinski definition) is 11. The zero-order valence-electron chi connectivity index (χ0n) is 38.9. The van der Waals surface area contributed by atoms with Crippen LogP contribution in [0.3, 0.4) is 0 Å². The number of anilines is 3. The van der Waals surface area contributed by atoms with Crippen molar-refractivity contribution in [3.05, 3.63) is 125 Å². The number of unbranched alkanes of at least 4 members (excludes halogenated alkanes) is 2. The fraction of sp³-hybridized carbons (Fsp3) is 0.250. The third-order valence-electron chi connectivity index (χ3n) is 12.5. The van der Waals surface area contributed by atoms with Gasteiger partial charge in [-0.1, -0.05) is 67.1 Å². The summed E-state index contributed by atoms with van der Waals surface area (Å²) in [5.74, 6) is -4.21. The standard InChI is InChI=1S/C52H49ClN5O14P/c53-29-33-30-58(41-28-42(71-52(67)51(65)66)37-10-5-6-11-38(37)50(33)41)49(64)17-14-31-13-15-32(39(26-31)55-45(60)21-23-54-44(59)12-2-1-7-24-57-47(62)19-20-48(57)63)16-18-46(61)56-25-22-35-34-8-3-4-9-36(34)43(27-40(35)56)72-73(68,69)70/h3-6,8-11,13-20,26-28,33,52,67H,1-2,7,12,21-25,29-30H2,(H,54,59)(H,55,60)(H,65,66)(H2,68,69,70)/b17-14+,18-16+/t33-,52?/m1/s1. The van der Waals surface area contributed by atoms with Crippen LogP contribution in [0, 0.1) is 0 Å². The highest BCUT2D eigenvalue weighted by atomic mass is 35.5. The second kappa shape index (κ2) is 22.4. The number of phosphoric acid groups is 1. The smallest absolute Gasteiger partial charge is 0.477 e. The lowest BCUT2D eigenvalue weighted by Gasteiger charge is -2.19. The highest BCUT2D eigenvalue weighted by molar-refractivity contribution is 7.46. The van der Waals surface area contributed by atoms with Crippen molar-refractivity contribution >= 4 is 112 Å². The van der Waals surface area contributed by atoms with Gasteiger partial charge in [0.1, 0.15) is 11.5 Å². The molecule has 3 aliphatic rings. The summed E-state index contributed by atoms with van der Waals surface area (Å²) in [6.45, 7) is 0.699. The van der Waals surface area contributed by atoms with Crippen molar-refractivity contribution in [1.29, 1.82) is 0 Å². The van der Waals surface area contributed by atoms with E-state index in [1.165, 1.54) is 58.4 Å². The third-order valence-corrected chi connectivity index (χ3v) is 13.3. The zero-order chi connectivity index (χ0) is 52.0. The van der Waals surface area contributed by atoms with E-state index in [9.17, 15) is 58.1 Å². The zero-order valence-corrected chi connectivity index (χ0v) is 40.6. The minimum absolute atomic E-state index is 0.000440. The van der Waals surface area contributed by atoms with Gasteiger partial charge in [-0.25, -0.2) is 9.36 Å². The molecule has 21 heteroatoms. The average Bonchev–Trinajstić information content (AvgIpc) is 4.06. The van der Waals surface area contributed by atoms with Gasteiger partial charge < -0.3 is 39.9 Å². The molecule has 73 heavy (non-hydrogen) atoms. The van der Waals surface area contributed by atoms with Crippen LogP contribution in [0.5, 0.6) is 11.5 Å². The number of aliphatic hydroxyl groups excluding tert-OH is 1. The Morgan fingerprint density at radius 1 is 0.781 bits per heavy atom. The quantitative estimate of drug-likeness (QED) is 0.0127. The Labute approximate surface area is 422 Å². The van der Waals surface area contributed by atoms with Crippen molar-refractivity contribution < 1.29 is 67.4 Å². The first-order valence-electron chi connectivity index (χ1n) is 23.2. The van der Waals surface area contributed by atoms with Crippen LogP contribution in [-0.2, 0) is 44.5 Å². The molecule has 0 spiro atoms. The van der Waals surface area contributed by atoms with Crippen LogP contribution < -0.4 is 29.7 Å². The number of nitrogens with zero attached hydrogens (tertiary/aromatic N) is 3. The number of carboxylic acid groups (broad SMARTS) is 1. The molecule has 6 amide bonds. The van der Waals surface area contributed by atoms with Gasteiger partial charge in [-0.15, -0.1) is 11.6 Å². The number of fused-ring (bicyclic) bond motifs is 6. The average molecular weight is 1030 g/mol. The predicted octanol–water partition coefficient (Wildman–Crippen LogP) is 6.16. The minimum atomic E-state index is -4.96. The molecule has 0 bridgehead atoms. The number of phosphoric ester groups is 1. The van der Waals surface area contributed by atoms with E-state index in [2.05, 4.69) is 10.6 Å². The third kappa shape index (κ3) is 12.0. The van der Waals surface area contributed by atoms with Crippen molar-refractivity contribution in [3.8, 4) is 11.5 Å². The van der Waals surface area contributed by atoms with Gasteiger partial charge in [0.2, 0.25) is 11.8 Å². The van der Waals surface area contributed by atoms with Crippen LogP contribution in [0.2, 0.25) is 0 Å². The Bertz CT molecular complexity index is 3190. The molecule has 0 aromatic heterocycles. The van der Waals surface area contributed by atoms with Crippen LogP contribution in [-0.4, -0.2) is 105 Å². The summed E-state index contributed by atoms with van der Waals surface area (Å²) in [4.78, 5) is 112. The lowest BCUT2D eigenvalue weighted by atomic mass is 9.95. The lowest BCUT2D eigenvalue weighted by molar-refractivity contribution is -0.161. The Kier molecular flexibility index (Phi) is 15.9. The monoisotopic (exact) mass is 1030 g/mol. The molecule has 0 radical (unpaired) electrons. The van der Waals surface area contributed by atoms with Gasteiger partial charge in [-0.2, -0.15) is 0 Å². The first kappa shape index (κ1) is 51.7. The molecule has 6 N–H and O–H groups in total. The summed E-state index contributed by atoms with van der Waals surface area (Å²) in [6, 6.07) is 21.8. The van der Waals surface area contributed by atoms with E-state index in [1.807, 2.05) is 0 Å². The number of nitrogens with one attached hydrogen (secondary N) is 2. The number of ether oxygens (including phenoxy) is 1. The number of amides is 6. The van der Waals surface area contributed by atoms with Gasteiger partial charge in [0.25, 0.3) is 29.9 Å². The SMILES string of the molecule is O=C(CCCCCN1C(=O)C=CC1=O)NCCC(=O)Nc1cc(/C=C/C(=O)N2C[C@@H](CCl)c3c2cc(OC(O)C(=O)O)c2ccccc32)ccc1/C=C/C(=O)N1CCc2c1cc(OP(=O)(O)O)c1ccccc21. The molecule has 5 aromatic rings. The molecule has 5 aromatic carbocycles. The van der Waals surface area contributed by atoms with Gasteiger partial charge >= 0.3 is 13.8 Å². The molecule has 378 valence electrons. The van der Waals surface area contributed by atoms with Gasteiger partial charge in [-0.3, -0.25) is 43.5 Å². The first-order valence-corrected chi connectivity index (χ1v) is 25.3. The normalized spacial score (nSPS) is 15.7. The maximum atomic E-state index is 14.0. The number of alkyl halides is 1. The van der Waals surface area contributed by atoms with E-state index in [0.717, 1.165) is 16.0 Å². The number of carbonyl (C=O) groups is 7. The van der Waals surface area contributed by atoms with Gasteiger partial charge in [0.15, 0.2) is 0 Å².